The first-order valence-electron chi connectivity index (χ1n) is 8.80. The van der Waals surface area contributed by atoms with E-state index in [4.69, 9.17) is 5.73 Å². The SMILES string of the molecule is CN(C)C[C@@H](CNC(=O)Nc1ccc(F)c(C(N)=O)c1)[C@H](O)c1ccccc1. The minimum absolute atomic E-state index is 0.212. The summed E-state index contributed by atoms with van der Waals surface area (Å²) >= 11 is 0. The van der Waals surface area contributed by atoms with Gasteiger partial charge in [0.15, 0.2) is 0 Å². The molecule has 0 fully saturated rings. The molecule has 2 aromatic carbocycles. The standard InChI is InChI=1S/C20H25FN4O3/c1-25(2)12-14(18(26)13-6-4-3-5-7-13)11-23-20(28)24-15-8-9-17(21)16(10-15)19(22)27/h3-10,14,18,26H,11-12H2,1-2H3,(H2,22,27)(H2,23,24,28)/t14-,18-/m1/s1. The van der Waals surface area contributed by atoms with E-state index in [2.05, 4.69) is 10.6 Å². The number of nitrogens with one attached hydrogen (secondary N) is 2. The molecule has 28 heavy (non-hydrogen) atoms. The zero-order chi connectivity index (χ0) is 20.7. The molecule has 2 atom stereocenters. The lowest BCUT2D eigenvalue weighted by molar-refractivity contribution is 0.0911. The molecule has 0 saturated carbocycles. The van der Waals surface area contributed by atoms with Crippen molar-refractivity contribution in [3.63, 3.8) is 0 Å². The van der Waals surface area contributed by atoms with Gasteiger partial charge in [0.25, 0.3) is 5.91 Å². The Labute approximate surface area is 163 Å². The number of nitrogens with two attached hydrogens (primary N) is 1. The Balaban J connectivity index is 2.01. The van der Waals surface area contributed by atoms with E-state index in [-0.39, 0.29) is 23.7 Å². The van der Waals surface area contributed by atoms with Crippen molar-refractivity contribution in [3.05, 3.63) is 65.5 Å². The van der Waals surface area contributed by atoms with Crippen LogP contribution < -0.4 is 16.4 Å². The van der Waals surface area contributed by atoms with Crippen LogP contribution in [0.1, 0.15) is 22.0 Å². The fourth-order valence-corrected chi connectivity index (χ4v) is 2.86. The number of halogens is 1. The van der Waals surface area contributed by atoms with E-state index in [0.29, 0.717) is 6.54 Å². The summed E-state index contributed by atoms with van der Waals surface area (Å²) in [5.74, 6) is -1.92. The largest absolute Gasteiger partial charge is 0.388 e. The molecule has 8 heteroatoms. The van der Waals surface area contributed by atoms with Gasteiger partial charge in [0.2, 0.25) is 0 Å². The molecule has 7 nitrogen and oxygen atoms in total. The number of benzene rings is 2. The van der Waals surface area contributed by atoms with Crippen molar-refractivity contribution < 1.29 is 19.1 Å². The summed E-state index contributed by atoms with van der Waals surface area (Å²) in [4.78, 5) is 25.3. The lowest BCUT2D eigenvalue weighted by atomic mass is 9.95. The third-order valence-corrected chi connectivity index (χ3v) is 4.20. The monoisotopic (exact) mass is 388 g/mol. The van der Waals surface area contributed by atoms with Gasteiger partial charge < -0.3 is 26.4 Å². The first kappa shape index (κ1) is 21.3. The molecule has 0 aliphatic carbocycles. The Kier molecular flexibility index (Phi) is 7.48. The van der Waals surface area contributed by atoms with Gasteiger partial charge in [0, 0.05) is 24.7 Å². The summed E-state index contributed by atoms with van der Waals surface area (Å²) in [7, 11) is 3.77. The van der Waals surface area contributed by atoms with E-state index in [1.165, 1.54) is 12.1 Å². The average molecular weight is 388 g/mol. The number of aliphatic hydroxyl groups is 1. The van der Waals surface area contributed by atoms with Crippen LogP contribution in [0, 0.1) is 11.7 Å². The van der Waals surface area contributed by atoms with Crippen LogP contribution in [0.4, 0.5) is 14.9 Å². The van der Waals surface area contributed by atoms with E-state index >= 15 is 0 Å². The molecule has 0 unspecified atom stereocenters. The average Bonchev–Trinajstić information content (AvgIpc) is 2.66. The molecule has 2 rings (SSSR count). The molecule has 0 radical (unpaired) electrons. The van der Waals surface area contributed by atoms with Crippen LogP contribution in [0.2, 0.25) is 0 Å². The summed E-state index contributed by atoms with van der Waals surface area (Å²) < 4.78 is 13.5. The van der Waals surface area contributed by atoms with Crippen LogP contribution >= 0.6 is 0 Å². The number of nitrogens with zero attached hydrogens (tertiary/aromatic N) is 1. The molecule has 150 valence electrons. The number of hydrogen-bond acceptors (Lipinski definition) is 4. The van der Waals surface area contributed by atoms with Gasteiger partial charge in [0.05, 0.1) is 11.7 Å². The molecule has 0 aliphatic rings. The van der Waals surface area contributed by atoms with E-state index in [1.54, 1.807) is 0 Å². The molecule has 0 bridgehead atoms. The van der Waals surface area contributed by atoms with Gasteiger partial charge in [-0.2, -0.15) is 0 Å². The molecule has 2 aromatic rings. The lowest BCUT2D eigenvalue weighted by Crippen LogP contribution is -2.39. The van der Waals surface area contributed by atoms with E-state index in [9.17, 15) is 19.1 Å². The van der Waals surface area contributed by atoms with Crippen LogP contribution in [0.25, 0.3) is 0 Å². The Bertz CT molecular complexity index is 814. The maximum Gasteiger partial charge on any atom is 0.319 e. The third kappa shape index (κ3) is 6.04. The predicted molar refractivity (Wildman–Crippen MR) is 105 cm³/mol. The topological polar surface area (TPSA) is 108 Å². The second kappa shape index (κ2) is 9.82. The fraction of sp³-hybridized carbons (Fsp3) is 0.300. The Morgan fingerprint density at radius 1 is 1.18 bits per heavy atom. The highest BCUT2D eigenvalue weighted by atomic mass is 19.1. The zero-order valence-electron chi connectivity index (χ0n) is 15.9. The van der Waals surface area contributed by atoms with Crippen LogP contribution in [0.15, 0.2) is 48.5 Å². The Morgan fingerprint density at radius 2 is 1.86 bits per heavy atom. The normalized spacial score (nSPS) is 13.0. The minimum Gasteiger partial charge on any atom is -0.388 e. The van der Waals surface area contributed by atoms with Crippen molar-refractivity contribution in [3.8, 4) is 0 Å². The third-order valence-electron chi connectivity index (χ3n) is 4.20. The molecule has 0 saturated heterocycles. The van der Waals surface area contributed by atoms with Crippen LogP contribution in [0.5, 0.6) is 0 Å². The smallest absolute Gasteiger partial charge is 0.319 e. The molecule has 0 aromatic heterocycles. The number of aliphatic hydroxyl groups excluding tert-OH is 1. The molecule has 0 heterocycles. The predicted octanol–water partition coefficient (Wildman–Crippen LogP) is 1.96. The van der Waals surface area contributed by atoms with Crippen molar-refractivity contribution >= 4 is 17.6 Å². The Hall–Kier alpha value is -2.97. The fourth-order valence-electron chi connectivity index (χ4n) is 2.86. The lowest BCUT2D eigenvalue weighted by Gasteiger charge is -2.26. The highest BCUT2D eigenvalue weighted by Gasteiger charge is 2.22. The summed E-state index contributed by atoms with van der Waals surface area (Å²) in [6.07, 6.45) is -0.754. The van der Waals surface area contributed by atoms with Crippen molar-refractivity contribution in [2.45, 2.75) is 6.10 Å². The molecule has 0 spiro atoms. The Morgan fingerprint density at radius 3 is 2.46 bits per heavy atom. The second-order valence-electron chi connectivity index (χ2n) is 6.77. The van der Waals surface area contributed by atoms with Crippen LogP contribution in [0.3, 0.4) is 0 Å². The number of anilines is 1. The van der Waals surface area contributed by atoms with Crippen molar-refractivity contribution in [1.29, 1.82) is 0 Å². The van der Waals surface area contributed by atoms with E-state index in [1.807, 2.05) is 49.3 Å². The van der Waals surface area contributed by atoms with Crippen molar-refractivity contribution in [2.75, 3.05) is 32.5 Å². The number of carbonyl (C=O) groups is 2. The highest BCUT2D eigenvalue weighted by molar-refractivity contribution is 5.96. The number of hydrogen-bond donors (Lipinski definition) is 4. The molecule has 3 amide bonds. The molecule has 0 aliphatic heterocycles. The first-order valence-corrected chi connectivity index (χ1v) is 8.80. The number of carbonyl (C=O) groups excluding carboxylic acids is 2. The summed E-state index contributed by atoms with van der Waals surface area (Å²) in [6, 6.07) is 12.2. The van der Waals surface area contributed by atoms with Crippen LogP contribution in [-0.4, -0.2) is 49.1 Å². The maximum atomic E-state index is 13.5. The molecular formula is C20H25FN4O3. The molecular weight excluding hydrogens is 363 g/mol. The maximum absolute atomic E-state index is 13.5. The van der Waals surface area contributed by atoms with Crippen molar-refractivity contribution in [2.24, 2.45) is 11.7 Å². The summed E-state index contributed by atoms with van der Waals surface area (Å²) in [6.45, 7) is 0.767. The number of amides is 3. The number of urea groups is 1. The van der Waals surface area contributed by atoms with Crippen molar-refractivity contribution in [1.82, 2.24) is 10.2 Å². The van der Waals surface area contributed by atoms with E-state index < -0.39 is 23.9 Å². The van der Waals surface area contributed by atoms with Gasteiger partial charge in [0.1, 0.15) is 5.82 Å². The number of rotatable bonds is 8. The van der Waals surface area contributed by atoms with Gasteiger partial charge in [-0.05, 0) is 37.9 Å². The van der Waals surface area contributed by atoms with Gasteiger partial charge in [-0.3, -0.25) is 4.79 Å². The van der Waals surface area contributed by atoms with Gasteiger partial charge in [-0.1, -0.05) is 30.3 Å². The summed E-state index contributed by atoms with van der Waals surface area (Å²) in [5, 5.41) is 15.9. The quantitative estimate of drug-likeness (QED) is 0.554. The number of primary amides is 1. The van der Waals surface area contributed by atoms with E-state index in [0.717, 1.165) is 11.6 Å². The highest BCUT2D eigenvalue weighted by Crippen LogP contribution is 2.22. The molecule has 5 N–H and O–H groups in total. The second-order valence-corrected chi connectivity index (χ2v) is 6.77. The zero-order valence-corrected chi connectivity index (χ0v) is 15.9. The summed E-state index contributed by atoms with van der Waals surface area (Å²) in [5.41, 5.74) is 5.81. The van der Waals surface area contributed by atoms with Gasteiger partial charge in [-0.25, -0.2) is 9.18 Å². The minimum atomic E-state index is -0.918. The van der Waals surface area contributed by atoms with Gasteiger partial charge >= 0.3 is 6.03 Å². The first-order chi connectivity index (χ1) is 13.3. The van der Waals surface area contributed by atoms with Gasteiger partial charge in [-0.15, -0.1) is 0 Å². The van der Waals surface area contributed by atoms with Crippen LogP contribution in [-0.2, 0) is 0 Å².